The topological polar surface area (TPSA) is 105 Å². The molecule has 0 aliphatic rings. The SMILES string of the molecule is CCCCCCCCCCCCCCCCCCCCCCCC(=O)NC(COP(=O)(O)OCC[N+](C)(C)C)C(O)CCCCCCCCCCCCC. The van der Waals surface area contributed by atoms with Gasteiger partial charge in [-0.05, 0) is 12.8 Å². The first-order valence-corrected chi connectivity index (χ1v) is 24.9. The summed E-state index contributed by atoms with van der Waals surface area (Å²) >= 11 is 0. The fourth-order valence-electron chi connectivity index (χ4n) is 7.11. The van der Waals surface area contributed by atoms with Crippen LogP contribution in [0.15, 0.2) is 0 Å². The van der Waals surface area contributed by atoms with Crippen molar-refractivity contribution < 1.29 is 32.9 Å². The Morgan fingerprint density at radius 2 is 0.889 bits per heavy atom. The van der Waals surface area contributed by atoms with Gasteiger partial charge in [-0.15, -0.1) is 0 Å². The van der Waals surface area contributed by atoms with E-state index in [4.69, 9.17) is 9.05 Å². The maximum atomic E-state index is 12.9. The molecule has 0 heterocycles. The Morgan fingerprint density at radius 1 is 0.556 bits per heavy atom. The van der Waals surface area contributed by atoms with Gasteiger partial charge in [0.2, 0.25) is 5.91 Å². The number of nitrogens with one attached hydrogen (secondary N) is 1. The van der Waals surface area contributed by atoms with Crippen molar-refractivity contribution in [3.05, 3.63) is 0 Å². The summed E-state index contributed by atoms with van der Waals surface area (Å²) in [5.41, 5.74) is 0. The van der Waals surface area contributed by atoms with Gasteiger partial charge in [0.25, 0.3) is 0 Å². The van der Waals surface area contributed by atoms with Gasteiger partial charge in [-0.1, -0.05) is 213 Å². The number of hydrogen-bond acceptors (Lipinski definition) is 5. The van der Waals surface area contributed by atoms with E-state index in [-0.39, 0.29) is 19.1 Å². The Hall–Kier alpha value is -0.500. The van der Waals surface area contributed by atoms with Crippen molar-refractivity contribution in [1.29, 1.82) is 0 Å². The number of amides is 1. The molecule has 0 fully saturated rings. The van der Waals surface area contributed by atoms with Crippen LogP contribution in [0.5, 0.6) is 0 Å². The number of phosphoric acid groups is 1. The zero-order valence-corrected chi connectivity index (χ0v) is 37.6. The number of carbonyl (C=O) groups is 1. The molecule has 1 amide bonds. The van der Waals surface area contributed by atoms with E-state index in [1.807, 2.05) is 21.1 Å². The number of likely N-dealkylation sites (N-methyl/N-ethyl adjacent to an activating group) is 1. The summed E-state index contributed by atoms with van der Waals surface area (Å²) in [5, 5.41) is 13.9. The first-order chi connectivity index (χ1) is 26.0. The van der Waals surface area contributed by atoms with Crippen molar-refractivity contribution in [1.82, 2.24) is 5.32 Å². The molecular formula is C45H94N2O6P+. The Balaban J connectivity index is 4.19. The number of unbranched alkanes of at least 4 members (excludes halogenated alkanes) is 30. The number of nitrogens with zero attached hydrogens (tertiary/aromatic N) is 1. The summed E-state index contributed by atoms with van der Waals surface area (Å²) in [7, 11) is 1.63. The van der Waals surface area contributed by atoms with Crippen molar-refractivity contribution >= 4 is 13.7 Å². The van der Waals surface area contributed by atoms with E-state index >= 15 is 0 Å². The van der Waals surface area contributed by atoms with Crippen LogP contribution in [0.25, 0.3) is 0 Å². The van der Waals surface area contributed by atoms with Gasteiger partial charge in [0.15, 0.2) is 0 Å². The maximum Gasteiger partial charge on any atom is 0.472 e. The van der Waals surface area contributed by atoms with Gasteiger partial charge in [-0.3, -0.25) is 13.8 Å². The third kappa shape index (κ3) is 39.7. The molecule has 3 atom stereocenters. The average Bonchev–Trinajstić information content (AvgIpc) is 3.12. The normalized spacial score (nSPS) is 14.3. The zero-order valence-electron chi connectivity index (χ0n) is 36.7. The summed E-state index contributed by atoms with van der Waals surface area (Å²) in [4.78, 5) is 23.1. The summed E-state index contributed by atoms with van der Waals surface area (Å²) < 4.78 is 23.6. The number of phosphoric ester groups is 1. The second-order valence-corrected chi connectivity index (χ2v) is 19.0. The summed E-state index contributed by atoms with van der Waals surface area (Å²) in [6.45, 7) is 4.90. The molecule has 9 heteroatoms. The fourth-order valence-corrected chi connectivity index (χ4v) is 7.84. The van der Waals surface area contributed by atoms with E-state index < -0.39 is 20.0 Å². The molecule has 0 aliphatic heterocycles. The van der Waals surface area contributed by atoms with Crippen LogP contribution in [0.1, 0.15) is 232 Å². The van der Waals surface area contributed by atoms with E-state index in [1.54, 1.807) is 0 Å². The van der Waals surface area contributed by atoms with Gasteiger partial charge >= 0.3 is 7.82 Å². The molecule has 0 aliphatic carbocycles. The van der Waals surface area contributed by atoms with Crippen LogP contribution in [-0.2, 0) is 18.4 Å². The molecule has 3 N–H and O–H groups in total. The first-order valence-electron chi connectivity index (χ1n) is 23.4. The lowest BCUT2D eigenvalue weighted by Crippen LogP contribution is -2.46. The summed E-state index contributed by atoms with van der Waals surface area (Å²) in [5.74, 6) is -0.141. The number of aliphatic hydroxyl groups is 1. The van der Waals surface area contributed by atoms with E-state index in [0.29, 0.717) is 23.9 Å². The Morgan fingerprint density at radius 3 is 1.24 bits per heavy atom. The van der Waals surface area contributed by atoms with Crippen molar-refractivity contribution in [2.75, 3.05) is 40.9 Å². The number of quaternary nitrogens is 1. The molecule has 0 aromatic carbocycles. The van der Waals surface area contributed by atoms with Crippen molar-refractivity contribution in [2.45, 2.75) is 244 Å². The highest BCUT2D eigenvalue weighted by molar-refractivity contribution is 7.47. The number of carbonyl (C=O) groups excluding carboxylic acids is 1. The highest BCUT2D eigenvalue weighted by Gasteiger charge is 2.28. The average molecular weight is 790 g/mol. The van der Waals surface area contributed by atoms with Crippen LogP contribution < -0.4 is 5.32 Å². The highest BCUT2D eigenvalue weighted by atomic mass is 31.2. The quantitative estimate of drug-likeness (QED) is 0.0323. The third-order valence-corrected chi connectivity index (χ3v) is 11.8. The van der Waals surface area contributed by atoms with Crippen LogP contribution in [0.2, 0.25) is 0 Å². The lowest BCUT2D eigenvalue weighted by Gasteiger charge is -2.26. The van der Waals surface area contributed by atoms with Gasteiger partial charge in [0, 0.05) is 6.42 Å². The molecule has 3 unspecified atom stereocenters. The predicted octanol–water partition coefficient (Wildman–Crippen LogP) is 13.0. The number of rotatable bonds is 43. The smallest absolute Gasteiger partial charge is 0.391 e. The lowest BCUT2D eigenvalue weighted by atomic mass is 10.0. The minimum absolute atomic E-state index is 0.0784. The Bertz CT molecular complexity index is 855. The van der Waals surface area contributed by atoms with Gasteiger partial charge in [-0.2, -0.15) is 0 Å². The lowest BCUT2D eigenvalue weighted by molar-refractivity contribution is -0.870. The molecule has 0 saturated carbocycles. The number of aliphatic hydroxyl groups excluding tert-OH is 1. The van der Waals surface area contributed by atoms with Crippen LogP contribution in [-0.4, -0.2) is 73.4 Å². The molecule has 0 aromatic heterocycles. The molecule has 0 bridgehead atoms. The third-order valence-electron chi connectivity index (χ3n) is 10.9. The van der Waals surface area contributed by atoms with E-state index in [2.05, 4.69) is 19.2 Å². The van der Waals surface area contributed by atoms with Crippen molar-refractivity contribution in [2.24, 2.45) is 0 Å². The maximum absolute atomic E-state index is 12.9. The molecule has 324 valence electrons. The van der Waals surface area contributed by atoms with Crippen molar-refractivity contribution in [3.63, 3.8) is 0 Å². The fraction of sp³-hybridized carbons (Fsp3) is 0.978. The van der Waals surface area contributed by atoms with Gasteiger partial charge in [0.1, 0.15) is 13.2 Å². The van der Waals surface area contributed by atoms with Crippen molar-refractivity contribution in [3.8, 4) is 0 Å². The van der Waals surface area contributed by atoms with Gasteiger partial charge < -0.3 is 19.8 Å². The minimum Gasteiger partial charge on any atom is -0.391 e. The molecule has 0 aromatic rings. The minimum atomic E-state index is -4.30. The molecular weight excluding hydrogens is 695 g/mol. The van der Waals surface area contributed by atoms with E-state index in [9.17, 15) is 19.4 Å². The molecule has 0 saturated heterocycles. The van der Waals surface area contributed by atoms with Gasteiger partial charge in [0.05, 0.1) is 39.9 Å². The first kappa shape index (κ1) is 53.5. The molecule has 0 spiro atoms. The molecule has 0 rings (SSSR count). The van der Waals surface area contributed by atoms with E-state index in [1.165, 1.54) is 167 Å². The monoisotopic (exact) mass is 790 g/mol. The Kier molecular flexibility index (Phi) is 37.7. The van der Waals surface area contributed by atoms with Crippen LogP contribution in [0.4, 0.5) is 0 Å². The van der Waals surface area contributed by atoms with E-state index in [0.717, 1.165) is 38.5 Å². The second kappa shape index (κ2) is 38.0. The molecule has 8 nitrogen and oxygen atoms in total. The van der Waals surface area contributed by atoms with Gasteiger partial charge in [-0.25, -0.2) is 4.57 Å². The molecule has 0 radical (unpaired) electrons. The van der Waals surface area contributed by atoms with Crippen LogP contribution in [0.3, 0.4) is 0 Å². The van der Waals surface area contributed by atoms with Crippen LogP contribution >= 0.6 is 7.82 Å². The zero-order chi connectivity index (χ0) is 40.0. The Labute approximate surface area is 336 Å². The highest BCUT2D eigenvalue weighted by Crippen LogP contribution is 2.43. The summed E-state index contributed by atoms with van der Waals surface area (Å²) in [6.07, 6.45) is 41.3. The summed E-state index contributed by atoms with van der Waals surface area (Å²) in [6, 6.07) is -0.752. The molecule has 54 heavy (non-hydrogen) atoms. The number of hydrogen-bond donors (Lipinski definition) is 3. The second-order valence-electron chi connectivity index (χ2n) is 17.5. The largest absolute Gasteiger partial charge is 0.472 e. The van der Waals surface area contributed by atoms with Crippen LogP contribution in [0, 0.1) is 0 Å². The predicted molar refractivity (Wildman–Crippen MR) is 231 cm³/mol. The standard InChI is InChI=1S/C45H93N2O6P/c1-6-8-10-12-14-16-18-19-20-21-22-23-24-25-26-27-29-31-33-35-37-39-45(49)46-43(42-53-54(50,51)52-41-40-47(3,4)5)44(48)38-36-34-32-30-28-17-15-13-11-9-7-2/h43-44,48H,6-42H2,1-5H3,(H-,46,49,50,51)/p+1.